The summed E-state index contributed by atoms with van der Waals surface area (Å²) in [5.74, 6) is 0.0500. The van der Waals surface area contributed by atoms with Gasteiger partial charge < -0.3 is 4.74 Å². The molecule has 0 aliphatic heterocycles. The Labute approximate surface area is 132 Å². The molecule has 2 aromatic carbocycles. The molecule has 5 heteroatoms. The minimum Gasteiger partial charge on any atom is -0.405 e. The number of carbonyl (C=O) groups is 1. The van der Waals surface area contributed by atoms with Crippen molar-refractivity contribution in [3.05, 3.63) is 53.6 Å². The van der Waals surface area contributed by atoms with Gasteiger partial charge in [0.1, 0.15) is 5.75 Å². The molecule has 0 aliphatic rings. The van der Waals surface area contributed by atoms with Gasteiger partial charge in [-0.1, -0.05) is 44.2 Å². The summed E-state index contributed by atoms with van der Waals surface area (Å²) in [6.07, 6.45) is -3.51. The summed E-state index contributed by atoms with van der Waals surface area (Å²) in [5, 5.41) is 0. The summed E-state index contributed by atoms with van der Waals surface area (Å²) in [6.45, 7) is 4.26. The van der Waals surface area contributed by atoms with Crippen molar-refractivity contribution in [2.45, 2.75) is 26.6 Å². The van der Waals surface area contributed by atoms with Crippen LogP contribution in [0, 0.1) is 5.92 Å². The molecule has 0 bridgehead atoms. The van der Waals surface area contributed by atoms with Crippen LogP contribution in [0.3, 0.4) is 0 Å². The molecule has 0 saturated carbocycles. The summed E-state index contributed by atoms with van der Waals surface area (Å²) in [7, 11) is 0. The Morgan fingerprint density at radius 3 is 2.17 bits per heavy atom. The van der Waals surface area contributed by atoms with E-state index in [0.717, 1.165) is 18.1 Å². The molecule has 2 rings (SSSR count). The summed E-state index contributed by atoms with van der Waals surface area (Å²) in [4.78, 5) is 11.0. The minimum absolute atomic E-state index is 0.133. The van der Waals surface area contributed by atoms with Crippen LogP contribution < -0.4 is 4.74 Å². The van der Waals surface area contributed by atoms with Crippen molar-refractivity contribution in [2.75, 3.05) is 0 Å². The second-order valence-electron chi connectivity index (χ2n) is 5.71. The number of alkyl halides is 3. The molecular weight excluding hydrogens is 305 g/mol. The topological polar surface area (TPSA) is 26.3 Å². The third kappa shape index (κ3) is 4.84. The van der Waals surface area contributed by atoms with Gasteiger partial charge >= 0.3 is 6.36 Å². The van der Waals surface area contributed by atoms with Gasteiger partial charge in [-0.15, -0.1) is 13.2 Å². The minimum atomic E-state index is -4.82. The molecule has 0 saturated heterocycles. The van der Waals surface area contributed by atoms with E-state index in [9.17, 15) is 18.0 Å². The Balaban J connectivity index is 2.28. The fraction of sp³-hybridized carbons (Fsp3) is 0.278. The van der Waals surface area contributed by atoms with Crippen LogP contribution in [0.2, 0.25) is 0 Å². The second-order valence-corrected chi connectivity index (χ2v) is 5.71. The monoisotopic (exact) mass is 322 g/mol. The first-order chi connectivity index (χ1) is 10.8. The predicted molar refractivity (Wildman–Crippen MR) is 82.5 cm³/mol. The molecule has 0 atom stereocenters. The zero-order valence-electron chi connectivity index (χ0n) is 12.9. The molecule has 0 fully saturated rings. The Morgan fingerprint density at radius 1 is 1.04 bits per heavy atom. The number of halogens is 3. The maximum Gasteiger partial charge on any atom is 0.573 e. The zero-order valence-corrected chi connectivity index (χ0v) is 12.9. The predicted octanol–water partition coefficient (Wildman–Crippen LogP) is 5.26. The van der Waals surface area contributed by atoms with Crippen LogP contribution >= 0.6 is 0 Å². The lowest BCUT2D eigenvalue weighted by Gasteiger charge is -2.12. The van der Waals surface area contributed by atoms with Gasteiger partial charge in [0.15, 0.2) is 6.29 Å². The number of carbonyl (C=O) groups excluding carboxylic acids is 1. The van der Waals surface area contributed by atoms with E-state index >= 15 is 0 Å². The van der Waals surface area contributed by atoms with Crippen molar-refractivity contribution in [2.24, 2.45) is 5.92 Å². The van der Waals surface area contributed by atoms with E-state index < -0.39 is 12.1 Å². The molecule has 0 amide bonds. The Bertz CT molecular complexity index is 674. The first-order valence-electron chi connectivity index (χ1n) is 7.23. The van der Waals surface area contributed by atoms with Gasteiger partial charge in [-0.3, -0.25) is 4.79 Å². The van der Waals surface area contributed by atoms with Crippen LogP contribution in [0.1, 0.15) is 29.8 Å². The van der Waals surface area contributed by atoms with Crippen LogP contribution in [0.15, 0.2) is 42.5 Å². The van der Waals surface area contributed by atoms with Gasteiger partial charge in [0.05, 0.1) is 5.56 Å². The normalized spacial score (nSPS) is 11.6. The number of ether oxygens (including phenoxy) is 1. The molecule has 0 aliphatic carbocycles. The van der Waals surface area contributed by atoms with Crippen molar-refractivity contribution >= 4 is 6.29 Å². The highest BCUT2D eigenvalue weighted by Crippen LogP contribution is 2.30. The van der Waals surface area contributed by atoms with E-state index in [1.807, 2.05) is 24.3 Å². The molecule has 23 heavy (non-hydrogen) atoms. The molecule has 0 N–H and O–H groups in total. The summed E-state index contributed by atoms with van der Waals surface area (Å²) >= 11 is 0. The molecule has 2 aromatic rings. The molecule has 122 valence electrons. The molecule has 0 heterocycles. The third-order valence-electron chi connectivity index (χ3n) is 3.29. The molecule has 0 unspecified atom stereocenters. The number of benzene rings is 2. The number of hydrogen-bond donors (Lipinski definition) is 0. The average molecular weight is 322 g/mol. The quantitative estimate of drug-likeness (QED) is 0.702. The highest BCUT2D eigenvalue weighted by molar-refractivity contribution is 5.83. The lowest BCUT2D eigenvalue weighted by molar-refractivity contribution is -0.274. The zero-order chi connectivity index (χ0) is 17.0. The van der Waals surface area contributed by atoms with E-state index in [4.69, 9.17) is 0 Å². The van der Waals surface area contributed by atoms with Crippen molar-refractivity contribution < 1.29 is 22.7 Å². The Hall–Kier alpha value is -2.30. The van der Waals surface area contributed by atoms with E-state index in [2.05, 4.69) is 18.6 Å². The van der Waals surface area contributed by atoms with Gasteiger partial charge in [-0.05, 0) is 41.2 Å². The average Bonchev–Trinajstić information content (AvgIpc) is 2.46. The highest BCUT2D eigenvalue weighted by Gasteiger charge is 2.32. The molecule has 0 spiro atoms. The maximum atomic E-state index is 12.3. The Morgan fingerprint density at radius 2 is 1.65 bits per heavy atom. The number of rotatable bonds is 5. The van der Waals surface area contributed by atoms with Crippen molar-refractivity contribution in [1.29, 1.82) is 0 Å². The van der Waals surface area contributed by atoms with E-state index in [0.29, 0.717) is 17.8 Å². The fourth-order valence-corrected chi connectivity index (χ4v) is 2.34. The Kier molecular flexibility index (Phi) is 5.08. The van der Waals surface area contributed by atoms with Gasteiger partial charge in [-0.2, -0.15) is 0 Å². The smallest absolute Gasteiger partial charge is 0.405 e. The lowest BCUT2D eigenvalue weighted by atomic mass is 9.98. The first kappa shape index (κ1) is 17.1. The number of hydrogen-bond acceptors (Lipinski definition) is 2. The van der Waals surface area contributed by atoms with Crippen molar-refractivity contribution in [1.82, 2.24) is 0 Å². The molecule has 2 nitrogen and oxygen atoms in total. The highest BCUT2D eigenvalue weighted by atomic mass is 19.4. The van der Waals surface area contributed by atoms with Crippen molar-refractivity contribution in [3.63, 3.8) is 0 Å². The molecule has 0 radical (unpaired) electrons. The number of aldehydes is 1. The molecular formula is C18H17F3O2. The van der Waals surface area contributed by atoms with E-state index in [1.54, 1.807) is 0 Å². The molecule has 0 aromatic heterocycles. The van der Waals surface area contributed by atoms with Gasteiger partial charge in [0.2, 0.25) is 0 Å². The van der Waals surface area contributed by atoms with Crippen LogP contribution in [0.4, 0.5) is 13.2 Å². The van der Waals surface area contributed by atoms with Gasteiger partial charge in [-0.25, -0.2) is 0 Å². The van der Waals surface area contributed by atoms with Crippen LogP contribution in [-0.4, -0.2) is 12.6 Å². The summed E-state index contributed by atoms with van der Waals surface area (Å²) in [5.41, 5.74) is 2.55. The maximum absolute atomic E-state index is 12.3. The van der Waals surface area contributed by atoms with Gasteiger partial charge in [0.25, 0.3) is 0 Å². The lowest BCUT2D eigenvalue weighted by Crippen LogP contribution is -2.18. The van der Waals surface area contributed by atoms with Crippen molar-refractivity contribution in [3.8, 4) is 16.9 Å². The standard InChI is InChI=1S/C18H17F3O2/c1-12(2)9-13-3-5-14(6-4-13)15-7-8-17(16(10-15)11-22)23-18(19,20)21/h3-8,10-12H,9H2,1-2H3. The van der Waals surface area contributed by atoms with E-state index in [1.165, 1.54) is 17.7 Å². The summed E-state index contributed by atoms with van der Waals surface area (Å²) < 4.78 is 40.7. The van der Waals surface area contributed by atoms with Crippen LogP contribution in [-0.2, 0) is 6.42 Å². The van der Waals surface area contributed by atoms with Gasteiger partial charge in [0, 0.05) is 0 Å². The largest absolute Gasteiger partial charge is 0.573 e. The van der Waals surface area contributed by atoms with Crippen LogP contribution in [0.25, 0.3) is 11.1 Å². The first-order valence-corrected chi connectivity index (χ1v) is 7.23. The second kappa shape index (κ2) is 6.86. The summed E-state index contributed by atoms with van der Waals surface area (Å²) in [6, 6.07) is 11.8. The third-order valence-corrected chi connectivity index (χ3v) is 3.29. The van der Waals surface area contributed by atoms with Crippen LogP contribution in [0.5, 0.6) is 5.75 Å². The SMILES string of the molecule is CC(C)Cc1ccc(-c2ccc(OC(F)(F)F)c(C=O)c2)cc1. The van der Waals surface area contributed by atoms with E-state index in [-0.39, 0.29) is 5.56 Å². The fourth-order valence-electron chi connectivity index (χ4n) is 2.34.